The molecule has 0 bridgehead atoms. The Morgan fingerprint density at radius 2 is 2.00 bits per heavy atom. The molecule has 3 heterocycles. The van der Waals surface area contributed by atoms with E-state index in [0.717, 1.165) is 10.0 Å². The molecule has 0 saturated carbocycles. The van der Waals surface area contributed by atoms with Gasteiger partial charge in [-0.05, 0) is 17.7 Å². The van der Waals surface area contributed by atoms with Crippen LogP contribution in [0.5, 0.6) is 0 Å². The van der Waals surface area contributed by atoms with Gasteiger partial charge in [0, 0.05) is 4.47 Å². The number of hydrogen-bond acceptors (Lipinski definition) is 10. The van der Waals surface area contributed by atoms with Crippen LogP contribution < -0.4 is 11.2 Å². The van der Waals surface area contributed by atoms with Crippen molar-refractivity contribution in [3.8, 4) is 0 Å². The average molecular weight is 464 g/mol. The van der Waals surface area contributed by atoms with Crippen molar-refractivity contribution < 1.29 is 20.1 Å². The first-order chi connectivity index (χ1) is 14.0. The summed E-state index contributed by atoms with van der Waals surface area (Å²) in [6.07, 6.45) is -1.77. The maximum absolute atomic E-state index is 10.4. The highest BCUT2D eigenvalue weighted by atomic mass is 79.9. The van der Waals surface area contributed by atoms with Crippen molar-refractivity contribution in [3.63, 3.8) is 0 Å². The molecule has 12 heteroatoms. The molecule has 11 nitrogen and oxygen atoms in total. The summed E-state index contributed by atoms with van der Waals surface area (Å²) in [6, 6.07) is 7.50. The van der Waals surface area contributed by atoms with E-state index in [4.69, 9.17) is 10.5 Å². The molecule has 152 valence electrons. The molecule has 0 amide bonds. The molecule has 4 rings (SSSR count). The van der Waals surface area contributed by atoms with E-state index in [2.05, 4.69) is 41.4 Å². The lowest BCUT2D eigenvalue weighted by atomic mass is 10.1. The first kappa shape index (κ1) is 19.7. The van der Waals surface area contributed by atoms with Gasteiger partial charge >= 0.3 is 0 Å². The van der Waals surface area contributed by atoms with Gasteiger partial charge in [-0.15, -0.1) is 0 Å². The molecular formula is C17H18BrN7O4. The summed E-state index contributed by atoms with van der Waals surface area (Å²) in [5, 5.41) is 34.1. The van der Waals surface area contributed by atoms with E-state index >= 15 is 0 Å². The Hall–Kier alpha value is -2.64. The van der Waals surface area contributed by atoms with E-state index in [0.29, 0.717) is 0 Å². The van der Waals surface area contributed by atoms with Gasteiger partial charge in [0.25, 0.3) is 0 Å². The second kappa shape index (κ2) is 8.00. The standard InChI is InChI=1S/C17H18BrN7O4/c18-9-3-1-8(2-4-9)5-22-24-17-23-11-14(19)20-7-21-15(11)25(17)16-13(28)12(27)10(6-26)29-16/h1-5,7,10,12-13,16,26-28H,6H2,(H,23,24)(H2,19,20,21)/b22-5-/t10-,12-,13-,16-/m0/s1. The number of imidazole rings is 1. The van der Waals surface area contributed by atoms with Crippen molar-refractivity contribution in [2.24, 2.45) is 5.10 Å². The van der Waals surface area contributed by atoms with Gasteiger partial charge in [0.1, 0.15) is 24.6 Å². The van der Waals surface area contributed by atoms with Crippen LogP contribution in [0.4, 0.5) is 11.8 Å². The van der Waals surface area contributed by atoms with Gasteiger partial charge in [0.05, 0.1) is 12.8 Å². The predicted octanol–water partition coefficient (Wildman–Crippen LogP) is 0.228. The van der Waals surface area contributed by atoms with Crippen LogP contribution in [0.3, 0.4) is 0 Å². The minimum absolute atomic E-state index is 0.139. The van der Waals surface area contributed by atoms with Gasteiger partial charge in [-0.3, -0.25) is 4.57 Å². The summed E-state index contributed by atoms with van der Waals surface area (Å²) in [5.41, 5.74) is 10.1. The Kier molecular flexibility index (Phi) is 5.43. The number of rotatable bonds is 5. The number of ether oxygens (including phenoxy) is 1. The number of aliphatic hydroxyl groups is 3. The van der Waals surface area contributed by atoms with Gasteiger partial charge in [-0.2, -0.15) is 5.10 Å². The van der Waals surface area contributed by atoms with Gasteiger partial charge in [-0.1, -0.05) is 28.1 Å². The Bertz CT molecular complexity index is 1040. The number of aliphatic hydroxyl groups excluding tert-OH is 3. The van der Waals surface area contributed by atoms with Crippen LogP contribution in [0, 0.1) is 0 Å². The quantitative estimate of drug-likeness (QED) is 0.263. The maximum Gasteiger partial charge on any atom is 0.228 e. The Labute approximate surface area is 173 Å². The molecule has 6 N–H and O–H groups in total. The topological polar surface area (TPSA) is 164 Å². The molecule has 1 aliphatic heterocycles. The van der Waals surface area contributed by atoms with Crippen LogP contribution in [0.2, 0.25) is 0 Å². The smallest absolute Gasteiger partial charge is 0.228 e. The molecule has 29 heavy (non-hydrogen) atoms. The van der Waals surface area contributed by atoms with Gasteiger partial charge in [0.2, 0.25) is 5.95 Å². The van der Waals surface area contributed by atoms with Crippen LogP contribution >= 0.6 is 15.9 Å². The van der Waals surface area contributed by atoms with Crippen molar-refractivity contribution in [2.45, 2.75) is 24.5 Å². The lowest BCUT2D eigenvalue weighted by Crippen LogP contribution is -2.33. The zero-order chi connectivity index (χ0) is 20.5. The van der Waals surface area contributed by atoms with E-state index < -0.39 is 31.1 Å². The predicted molar refractivity (Wildman–Crippen MR) is 108 cm³/mol. The second-order valence-electron chi connectivity index (χ2n) is 6.39. The molecule has 0 aliphatic carbocycles. The van der Waals surface area contributed by atoms with E-state index in [1.54, 1.807) is 6.21 Å². The van der Waals surface area contributed by atoms with Crippen LogP contribution in [0.1, 0.15) is 11.8 Å². The number of aromatic nitrogens is 4. The van der Waals surface area contributed by atoms with Gasteiger partial charge in [-0.25, -0.2) is 20.4 Å². The SMILES string of the molecule is Nc1ncnc2c1nc(N/N=C\c1ccc(Br)cc1)n2[C@H]1O[C@@H](CO)[C@H](O)[C@@H]1O. The second-order valence-corrected chi connectivity index (χ2v) is 7.30. The largest absolute Gasteiger partial charge is 0.394 e. The van der Waals surface area contributed by atoms with E-state index in [9.17, 15) is 15.3 Å². The number of nitrogens with one attached hydrogen (secondary N) is 1. The van der Waals surface area contributed by atoms with Crippen molar-refractivity contribution in [1.82, 2.24) is 19.5 Å². The number of nitrogens with two attached hydrogens (primary N) is 1. The third kappa shape index (κ3) is 3.68. The highest BCUT2D eigenvalue weighted by Gasteiger charge is 2.45. The average Bonchev–Trinajstić information content (AvgIpc) is 3.22. The number of nitrogens with zero attached hydrogens (tertiary/aromatic N) is 5. The van der Waals surface area contributed by atoms with E-state index in [-0.39, 0.29) is 22.9 Å². The number of anilines is 2. The number of benzene rings is 1. The van der Waals surface area contributed by atoms with Crippen molar-refractivity contribution >= 4 is 45.1 Å². The monoisotopic (exact) mass is 463 g/mol. The lowest BCUT2D eigenvalue weighted by Gasteiger charge is -2.18. The van der Waals surface area contributed by atoms with Crippen LogP contribution in [0.15, 0.2) is 40.2 Å². The van der Waals surface area contributed by atoms with Crippen molar-refractivity contribution in [3.05, 3.63) is 40.6 Å². The first-order valence-corrected chi connectivity index (χ1v) is 9.44. The minimum atomic E-state index is -1.32. The van der Waals surface area contributed by atoms with Crippen molar-refractivity contribution in [2.75, 3.05) is 17.8 Å². The summed E-state index contributed by atoms with van der Waals surface area (Å²) in [7, 11) is 0. The number of hydrogen-bond donors (Lipinski definition) is 5. The molecular weight excluding hydrogens is 446 g/mol. The van der Waals surface area contributed by atoms with Gasteiger partial charge < -0.3 is 25.8 Å². The summed E-state index contributed by atoms with van der Waals surface area (Å²) in [5.74, 6) is 0.316. The zero-order valence-electron chi connectivity index (χ0n) is 14.9. The van der Waals surface area contributed by atoms with Crippen LogP contribution in [-0.2, 0) is 4.74 Å². The third-order valence-electron chi connectivity index (χ3n) is 4.53. The molecule has 1 fully saturated rings. The molecule has 0 radical (unpaired) electrons. The molecule has 0 spiro atoms. The summed E-state index contributed by atoms with van der Waals surface area (Å²) < 4.78 is 7.99. The molecule has 0 unspecified atom stereocenters. The van der Waals surface area contributed by atoms with Crippen LogP contribution in [0.25, 0.3) is 11.2 Å². The molecule has 2 aromatic heterocycles. The maximum atomic E-state index is 10.4. The zero-order valence-corrected chi connectivity index (χ0v) is 16.5. The normalized spacial score (nSPS) is 24.6. The molecule has 1 aromatic carbocycles. The Balaban J connectivity index is 1.71. The number of nitrogen functional groups attached to an aromatic ring is 1. The lowest BCUT2D eigenvalue weighted by molar-refractivity contribution is -0.0501. The number of hydrazone groups is 1. The fraction of sp³-hybridized carbons (Fsp3) is 0.294. The summed E-state index contributed by atoms with van der Waals surface area (Å²) in [6.45, 7) is -0.455. The number of halogens is 1. The molecule has 4 atom stereocenters. The minimum Gasteiger partial charge on any atom is -0.394 e. The third-order valence-corrected chi connectivity index (χ3v) is 5.05. The molecule has 1 saturated heterocycles. The fourth-order valence-electron chi connectivity index (χ4n) is 3.05. The van der Waals surface area contributed by atoms with Crippen molar-refractivity contribution in [1.29, 1.82) is 0 Å². The first-order valence-electron chi connectivity index (χ1n) is 8.65. The summed E-state index contributed by atoms with van der Waals surface area (Å²) in [4.78, 5) is 12.4. The Morgan fingerprint density at radius 1 is 1.24 bits per heavy atom. The number of fused-ring (bicyclic) bond motifs is 1. The highest BCUT2D eigenvalue weighted by Crippen LogP contribution is 2.35. The molecule has 3 aromatic rings. The van der Waals surface area contributed by atoms with Gasteiger partial charge in [0.15, 0.2) is 23.2 Å². The van der Waals surface area contributed by atoms with Crippen LogP contribution in [-0.4, -0.2) is 66.0 Å². The molecule has 1 aliphatic rings. The van der Waals surface area contributed by atoms with E-state index in [1.807, 2.05) is 24.3 Å². The summed E-state index contributed by atoms with van der Waals surface area (Å²) >= 11 is 3.37. The highest BCUT2D eigenvalue weighted by molar-refractivity contribution is 9.10. The Morgan fingerprint density at radius 3 is 2.69 bits per heavy atom. The fourth-order valence-corrected chi connectivity index (χ4v) is 3.32. The van der Waals surface area contributed by atoms with E-state index in [1.165, 1.54) is 10.9 Å².